The van der Waals surface area contributed by atoms with E-state index in [9.17, 15) is 0 Å². The third-order valence-corrected chi connectivity index (χ3v) is 10.4. The predicted molar refractivity (Wildman–Crippen MR) is 205 cm³/mol. The Hall–Kier alpha value is -5.74. The molecule has 6 aromatic carbocycles. The summed E-state index contributed by atoms with van der Waals surface area (Å²) in [5.41, 5.74) is 12.5. The molecule has 48 heavy (non-hydrogen) atoms. The first-order valence-electron chi connectivity index (χ1n) is 17.0. The second kappa shape index (κ2) is 11.2. The van der Waals surface area contributed by atoms with Crippen molar-refractivity contribution in [1.82, 2.24) is 9.13 Å². The molecule has 1 N–H and O–H groups in total. The van der Waals surface area contributed by atoms with Crippen molar-refractivity contribution in [2.75, 3.05) is 17.3 Å². The lowest BCUT2D eigenvalue weighted by atomic mass is 9.94. The summed E-state index contributed by atoms with van der Waals surface area (Å²) in [6.45, 7) is 2.30. The molecule has 0 amide bonds. The molecule has 1 atom stereocenters. The highest BCUT2D eigenvalue weighted by Gasteiger charge is 2.26. The largest absolute Gasteiger partial charge is 0.386 e. The average Bonchev–Trinajstić information content (AvgIpc) is 3.65. The van der Waals surface area contributed by atoms with Crippen LogP contribution in [0.25, 0.3) is 55.2 Å². The Morgan fingerprint density at radius 1 is 0.688 bits per heavy atom. The molecule has 0 spiro atoms. The molecular weight excluding hydrogens is 585 g/mol. The van der Waals surface area contributed by atoms with Crippen LogP contribution < -0.4 is 10.2 Å². The Kier molecular flexibility index (Phi) is 6.65. The SMILES string of the molecule is CNc1ccccc1N(c1ccccc1)C(C)c1ccc(-n2c3ccccc3c3c4ccccc4c4c5c(n(C)c4c32)C=CCC5)cc1. The summed E-state index contributed by atoms with van der Waals surface area (Å²) >= 11 is 0. The number of benzene rings is 6. The smallest absolute Gasteiger partial charge is 0.0791 e. The highest BCUT2D eigenvalue weighted by molar-refractivity contribution is 6.32. The van der Waals surface area contributed by atoms with Crippen LogP contribution >= 0.6 is 0 Å². The molecular formula is C44H38N4. The highest BCUT2D eigenvalue weighted by Crippen LogP contribution is 2.46. The molecule has 0 bridgehead atoms. The van der Waals surface area contributed by atoms with Gasteiger partial charge in [0.2, 0.25) is 0 Å². The van der Waals surface area contributed by atoms with Crippen molar-refractivity contribution in [2.24, 2.45) is 7.05 Å². The molecule has 2 heterocycles. The normalized spacial score (nSPS) is 13.4. The quantitative estimate of drug-likeness (QED) is 0.200. The molecule has 8 aromatic rings. The first-order chi connectivity index (χ1) is 23.7. The topological polar surface area (TPSA) is 25.1 Å². The Morgan fingerprint density at radius 3 is 2.12 bits per heavy atom. The van der Waals surface area contributed by atoms with Gasteiger partial charge in [-0.25, -0.2) is 0 Å². The first kappa shape index (κ1) is 28.5. The Labute approximate surface area is 281 Å². The van der Waals surface area contributed by atoms with Gasteiger partial charge in [0.15, 0.2) is 0 Å². The molecule has 1 unspecified atom stereocenters. The summed E-state index contributed by atoms with van der Waals surface area (Å²) in [6.07, 6.45) is 6.80. The molecule has 2 aromatic heterocycles. The van der Waals surface area contributed by atoms with Crippen LogP contribution in [-0.4, -0.2) is 16.2 Å². The number of para-hydroxylation sites is 4. The monoisotopic (exact) mass is 622 g/mol. The van der Waals surface area contributed by atoms with Crippen molar-refractivity contribution in [3.63, 3.8) is 0 Å². The molecule has 1 aliphatic rings. The van der Waals surface area contributed by atoms with E-state index >= 15 is 0 Å². The zero-order valence-electron chi connectivity index (χ0n) is 27.6. The maximum Gasteiger partial charge on any atom is 0.0791 e. The van der Waals surface area contributed by atoms with Crippen molar-refractivity contribution in [1.29, 1.82) is 0 Å². The van der Waals surface area contributed by atoms with Gasteiger partial charge < -0.3 is 19.4 Å². The first-order valence-corrected chi connectivity index (χ1v) is 17.0. The number of aryl methyl sites for hydroxylation is 2. The predicted octanol–water partition coefficient (Wildman–Crippen LogP) is 11.3. The van der Waals surface area contributed by atoms with E-state index in [1.54, 1.807) is 0 Å². The Morgan fingerprint density at radius 2 is 1.35 bits per heavy atom. The zero-order chi connectivity index (χ0) is 32.4. The van der Waals surface area contributed by atoms with E-state index in [1.165, 1.54) is 66.0 Å². The van der Waals surface area contributed by atoms with Crippen molar-refractivity contribution in [3.05, 3.63) is 150 Å². The minimum absolute atomic E-state index is 0.0936. The minimum atomic E-state index is 0.0936. The zero-order valence-corrected chi connectivity index (χ0v) is 27.6. The molecule has 0 saturated carbocycles. The van der Waals surface area contributed by atoms with Gasteiger partial charge in [-0.15, -0.1) is 0 Å². The molecule has 0 radical (unpaired) electrons. The molecule has 4 heteroatoms. The van der Waals surface area contributed by atoms with E-state index in [0.717, 1.165) is 29.9 Å². The van der Waals surface area contributed by atoms with Gasteiger partial charge in [-0.2, -0.15) is 0 Å². The van der Waals surface area contributed by atoms with Gasteiger partial charge in [-0.1, -0.05) is 91.0 Å². The van der Waals surface area contributed by atoms with Crippen molar-refractivity contribution in [3.8, 4) is 5.69 Å². The van der Waals surface area contributed by atoms with Gasteiger partial charge >= 0.3 is 0 Å². The number of fused-ring (bicyclic) bond motifs is 10. The third-order valence-electron chi connectivity index (χ3n) is 10.4. The number of rotatable bonds is 6. The second-order valence-electron chi connectivity index (χ2n) is 12.9. The minimum Gasteiger partial charge on any atom is -0.386 e. The van der Waals surface area contributed by atoms with Gasteiger partial charge in [0.25, 0.3) is 0 Å². The number of allylic oxidation sites excluding steroid dienone is 1. The van der Waals surface area contributed by atoms with Crippen LogP contribution in [0.5, 0.6) is 0 Å². The Bertz CT molecular complexity index is 2510. The standard InChI is InChI=1S/C44H38N4/c1-29(47(31-15-5-4-6-16-31)40-24-14-11-21-37(40)45-2)30-25-27-32(28-26-30)48-39-23-13-10-20-36(39)42-34-18-8-7-17-33(34)41-35-19-9-12-22-38(35)46(3)43(41)44(42)48/h4-8,10-18,20-29,45H,9,19H2,1-3H3. The molecule has 4 nitrogen and oxygen atoms in total. The molecule has 0 fully saturated rings. The maximum atomic E-state index is 3.41. The van der Waals surface area contributed by atoms with Crippen molar-refractivity contribution >= 4 is 66.6 Å². The molecule has 0 aliphatic heterocycles. The molecule has 1 aliphatic carbocycles. The number of nitrogens with zero attached hydrogens (tertiary/aromatic N) is 3. The van der Waals surface area contributed by atoms with Gasteiger partial charge in [-0.05, 0) is 90.2 Å². The third kappa shape index (κ3) is 4.15. The summed E-state index contributed by atoms with van der Waals surface area (Å²) < 4.78 is 4.95. The van der Waals surface area contributed by atoms with Crippen LogP contribution in [0.1, 0.15) is 36.2 Å². The van der Waals surface area contributed by atoms with E-state index in [-0.39, 0.29) is 6.04 Å². The molecule has 234 valence electrons. The number of aromatic nitrogens is 2. The van der Waals surface area contributed by atoms with Crippen LogP contribution in [0.4, 0.5) is 17.1 Å². The van der Waals surface area contributed by atoms with E-state index < -0.39 is 0 Å². The van der Waals surface area contributed by atoms with Gasteiger partial charge in [0.1, 0.15) is 0 Å². The highest BCUT2D eigenvalue weighted by atomic mass is 15.2. The van der Waals surface area contributed by atoms with E-state index in [1.807, 2.05) is 7.05 Å². The number of anilines is 3. The lowest BCUT2D eigenvalue weighted by molar-refractivity contribution is 0.774. The van der Waals surface area contributed by atoms with Gasteiger partial charge in [-0.3, -0.25) is 0 Å². The second-order valence-corrected chi connectivity index (χ2v) is 12.9. The van der Waals surface area contributed by atoms with Crippen molar-refractivity contribution in [2.45, 2.75) is 25.8 Å². The van der Waals surface area contributed by atoms with E-state index in [4.69, 9.17) is 0 Å². The number of hydrogen-bond acceptors (Lipinski definition) is 2. The maximum absolute atomic E-state index is 3.41. The fourth-order valence-corrected chi connectivity index (χ4v) is 8.25. The summed E-state index contributed by atoms with van der Waals surface area (Å²) in [7, 11) is 4.24. The lowest BCUT2D eigenvalue weighted by Crippen LogP contribution is -2.22. The Balaban J connectivity index is 1.27. The van der Waals surface area contributed by atoms with Crippen molar-refractivity contribution < 1.29 is 0 Å². The van der Waals surface area contributed by atoms with E-state index in [2.05, 4.69) is 173 Å². The summed E-state index contributed by atoms with van der Waals surface area (Å²) in [6, 6.07) is 46.5. The van der Waals surface area contributed by atoms with Gasteiger partial charge in [0, 0.05) is 47.3 Å². The van der Waals surface area contributed by atoms with E-state index in [0.29, 0.717) is 0 Å². The van der Waals surface area contributed by atoms with Crippen LogP contribution in [0.3, 0.4) is 0 Å². The summed E-state index contributed by atoms with van der Waals surface area (Å²) in [5, 5.41) is 10.1. The van der Waals surface area contributed by atoms with Crippen LogP contribution in [0, 0.1) is 0 Å². The van der Waals surface area contributed by atoms with Crippen LogP contribution in [-0.2, 0) is 13.5 Å². The number of nitrogens with one attached hydrogen (secondary N) is 1. The number of hydrogen-bond donors (Lipinski definition) is 1. The molecule has 0 saturated heterocycles. The van der Waals surface area contributed by atoms with Crippen LogP contribution in [0.15, 0.2) is 133 Å². The average molecular weight is 623 g/mol. The lowest BCUT2D eigenvalue weighted by Gasteiger charge is -2.33. The fraction of sp³-hybridized carbons (Fsp3) is 0.136. The summed E-state index contributed by atoms with van der Waals surface area (Å²) in [5.74, 6) is 0. The molecule has 9 rings (SSSR count). The van der Waals surface area contributed by atoms with Gasteiger partial charge in [0.05, 0.1) is 34.0 Å². The fourth-order valence-electron chi connectivity index (χ4n) is 8.25. The summed E-state index contributed by atoms with van der Waals surface area (Å²) in [4.78, 5) is 2.43. The van der Waals surface area contributed by atoms with Crippen LogP contribution in [0.2, 0.25) is 0 Å².